The lowest BCUT2D eigenvalue weighted by atomic mass is 10.1. The van der Waals surface area contributed by atoms with E-state index in [-0.39, 0.29) is 30.7 Å². The number of carbonyl (C=O) groups excluding carboxylic acids is 1. The molecule has 1 amide bonds. The molecule has 0 spiro atoms. The molecule has 3 N–H and O–H groups in total. The smallest absolute Gasteiger partial charge is 0.270 e. The summed E-state index contributed by atoms with van der Waals surface area (Å²) < 4.78 is 1.60. The van der Waals surface area contributed by atoms with Crippen LogP contribution in [0.5, 0.6) is 0 Å². The largest absolute Gasteiger partial charge is 0.349 e. The van der Waals surface area contributed by atoms with E-state index in [1.165, 1.54) is 0 Å². The molecule has 0 radical (unpaired) electrons. The maximum atomic E-state index is 12.0. The summed E-state index contributed by atoms with van der Waals surface area (Å²) in [6.07, 6.45) is 3.43. The van der Waals surface area contributed by atoms with Crippen LogP contribution in [0, 0.1) is 0 Å². The Morgan fingerprint density at radius 3 is 2.62 bits per heavy atom. The van der Waals surface area contributed by atoms with E-state index in [4.69, 9.17) is 5.73 Å². The average Bonchev–Trinajstić information content (AvgIpc) is 2.89. The summed E-state index contributed by atoms with van der Waals surface area (Å²) in [4.78, 5) is 16.2. The summed E-state index contributed by atoms with van der Waals surface area (Å²) in [5, 5.41) is 6.83. The Kier molecular flexibility index (Phi) is 7.35. The van der Waals surface area contributed by atoms with Crippen LogP contribution in [0.25, 0.3) is 5.82 Å². The SMILES string of the molecule is CC(C)(N)CNC(=O)c1cccc(-n2cccn2)n1.Cl.Cl. The van der Waals surface area contributed by atoms with Crippen LogP contribution >= 0.6 is 24.8 Å². The van der Waals surface area contributed by atoms with Gasteiger partial charge in [0.25, 0.3) is 5.91 Å². The highest BCUT2D eigenvalue weighted by Gasteiger charge is 2.14. The molecule has 2 rings (SSSR count). The summed E-state index contributed by atoms with van der Waals surface area (Å²) >= 11 is 0. The Labute approximate surface area is 135 Å². The van der Waals surface area contributed by atoms with Gasteiger partial charge in [-0.05, 0) is 32.0 Å². The van der Waals surface area contributed by atoms with Crippen LogP contribution in [0.1, 0.15) is 24.3 Å². The van der Waals surface area contributed by atoms with Crippen molar-refractivity contribution in [1.29, 1.82) is 0 Å². The average molecular weight is 332 g/mol. The lowest BCUT2D eigenvalue weighted by Gasteiger charge is -2.18. The van der Waals surface area contributed by atoms with E-state index in [1.807, 2.05) is 13.8 Å². The van der Waals surface area contributed by atoms with Crippen LogP contribution in [-0.4, -0.2) is 32.8 Å². The Balaban J connectivity index is 0.00000200. The van der Waals surface area contributed by atoms with Crippen molar-refractivity contribution >= 4 is 30.7 Å². The quantitative estimate of drug-likeness (QED) is 0.890. The lowest BCUT2D eigenvalue weighted by molar-refractivity contribution is 0.0941. The summed E-state index contributed by atoms with van der Waals surface area (Å²) in [6.45, 7) is 4.08. The number of pyridine rings is 1. The number of halogens is 2. The summed E-state index contributed by atoms with van der Waals surface area (Å²) in [5.74, 6) is 0.359. The third kappa shape index (κ3) is 5.71. The van der Waals surface area contributed by atoms with Gasteiger partial charge in [-0.2, -0.15) is 5.10 Å². The molecule has 0 aromatic carbocycles. The van der Waals surface area contributed by atoms with Crippen molar-refractivity contribution in [1.82, 2.24) is 20.1 Å². The second kappa shape index (κ2) is 7.97. The second-order valence-electron chi connectivity index (χ2n) is 5.00. The monoisotopic (exact) mass is 331 g/mol. The Morgan fingerprint density at radius 1 is 1.33 bits per heavy atom. The number of nitrogens with two attached hydrogens (primary N) is 1. The molecule has 0 aliphatic heterocycles. The fraction of sp³-hybridized carbons (Fsp3) is 0.308. The number of carbonyl (C=O) groups is 1. The van der Waals surface area contributed by atoms with Crippen LogP contribution < -0.4 is 11.1 Å². The molecule has 0 atom stereocenters. The topological polar surface area (TPSA) is 85.8 Å². The minimum absolute atomic E-state index is 0. The molecule has 0 aliphatic rings. The highest BCUT2D eigenvalue weighted by molar-refractivity contribution is 5.92. The molecule has 6 nitrogen and oxygen atoms in total. The first-order valence-electron chi connectivity index (χ1n) is 6.00. The maximum absolute atomic E-state index is 12.0. The molecule has 0 unspecified atom stereocenters. The summed E-state index contributed by atoms with van der Waals surface area (Å²) in [5.41, 5.74) is 5.72. The Hall–Kier alpha value is -1.63. The van der Waals surface area contributed by atoms with E-state index >= 15 is 0 Å². The number of hydrogen-bond donors (Lipinski definition) is 2. The molecule has 0 saturated heterocycles. The molecular weight excluding hydrogens is 313 g/mol. The second-order valence-corrected chi connectivity index (χ2v) is 5.00. The maximum Gasteiger partial charge on any atom is 0.270 e. The fourth-order valence-corrected chi connectivity index (χ4v) is 1.48. The minimum atomic E-state index is -0.449. The Morgan fingerprint density at radius 2 is 2.05 bits per heavy atom. The van der Waals surface area contributed by atoms with Crippen molar-refractivity contribution in [3.63, 3.8) is 0 Å². The molecule has 116 valence electrons. The van der Waals surface area contributed by atoms with Crippen LogP contribution in [0.4, 0.5) is 0 Å². The molecular formula is C13H19Cl2N5O. The van der Waals surface area contributed by atoms with Gasteiger partial charge in [-0.25, -0.2) is 9.67 Å². The molecule has 8 heteroatoms. The zero-order valence-electron chi connectivity index (χ0n) is 11.8. The van der Waals surface area contributed by atoms with E-state index in [0.717, 1.165) is 0 Å². The predicted molar refractivity (Wildman–Crippen MR) is 86.5 cm³/mol. The van der Waals surface area contributed by atoms with Crippen molar-refractivity contribution in [2.75, 3.05) is 6.54 Å². The molecule has 21 heavy (non-hydrogen) atoms. The van der Waals surface area contributed by atoms with Crippen molar-refractivity contribution < 1.29 is 4.79 Å². The van der Waals surface area contributed by atoms with Gasteiger partial charge in [0.1, 0.15) is 5.69 Å². The first-order chi connectivity index (χ1) is 8.96. The molecule has 0 saturated carbocycles. The number of nitrogens with one attached hydrogen (secondary N) is 1. The fourth-order valence-electron chi connectivity index (χ4n) is 1.48. The highest BCUT2D eigenvalue weighted by atomic mass is 35.5. The first kappa shape index (κ1) is 19.4. The summed E-state index contributed by atoms with van der Waals surface area (Å²) in [6, 6.07) is 7.01. The van der Waals surface area contributed by atoms with E-state index in [0.29, 0.717) is 18.1 Å². The zero-order chi connectivity index (χ0) is 13.9. The zero-order valence-corrected chi connectivity index (χ0v) is 13.4. The van der Waals surface area contributed by atoms with Crippen molar-refractivity contribution in [3.8, 4) is 5.82 Å². The molecule has 0 bridgehead atoms. The number of hydrogen-bond acceptors (Lipinski definition) is 4. The van der Waals surface area contributed by atoms with Crippen LogP contribution in [0.2, 0.25) is 0 Å². The van der Waals surface area contributed by atoms with Gasteiger partial charge in [0.05, 0.1) is 0 Å². The van der Waals surface area contributed by atoms with E-state index in [1.54, 1.807) is 41.3 Å². The normalized spacial score (nSPS) is 10.2. The predicted octanol–water partition coefficient (Wildman–Crippen LogP) is 1.58. The third-order valence-electron chi connectivity index (χ3n) is 2.41. The van der Waals surface area contributed by atoms with Crippen molar-refractivity contribution in [2.45, 2.75) is 19.4 Å². The van der Waals surface area contributed by atoms with E-state index < -0.39 is 5.54 Å². The van der Waals surface area contributed by atoms with Crippen LogP contribution in [0.15, 0.2) is 36.7 Å². The van der Waals surface area contributed by atoms with Gasteiger partial charge in [0, 0.05) is 24.5 Å². The van der Waals surface area contributed by atoms with Gasteiger partial charge in [-0.1, -0.05) is 6.07 Å². The standard InChI is InChI=1S/C13H17N5O.2ClH/c1-13(2,14)9-15-12(19)10-5-3-6-11(17-10)18-8-4-7-16-18;;/h3-8H,9,14H2,1-2H3,(H,15,19);2*1H. The molecule has 2 aromatic heterocycles. The summed E-state index contributed by atoms with van der Waals surface area (Å²) in [7, 11) is 0. The highest BCUT2D eigenvalue weighted by Crippen LogP contribution is 2.04. The molecule has 2 aromatic rings. The number of nitrogens with zero attached hydrogens (tertiary/aromatic N) is 3. The lowest BCUT2D eigenvalue weighted by Crippen LogP contribution is -2.45. The van der Waals surface area contributed by atoms with Gasteiger partial charge in [0.15, 0.2) is 5.82 Å². The van der Waals surface area contributed by atoms with Crippen LogP contribution in [-0.2, 0) is 0 Å². The van der Waals surface area contributed by atoms with Gasteiger partial charge in [-0.15, -0.1) is 24.8 Å². The molecule has 0 fully saturated rings. The van der Waals surface area contributed by atoms with Gasteiger partial charge >= 0.3 is 0 Å². The molecule has 2 heterocycles. The van der Waals surface area contributed by atoms with E-state index in [9.17, 15) is 4.79 Å². The number of amides is 1. The molecule has 0 aliphatic carbocycles. The van der Waals surface area contributed by atoms with Gasteiger partial charge in [-0.3, -0.25) is 4.79 Å². The van der Waals surface area contributed by atoms with Gasteiger partial charge in [0.2, 0.25) is 0 Å². The Bertz CT molecular complexity index is 566. The third-order valence-corrected chi connectivity index (χ3v) is 2.41. The first-order valence-corrected chi connectivity index (χ1v) is 6.00. The van der Waals surface area contributed by atoms with Crippen LogP contribution in [0.3, 0.4) is 0 Å². The van der Waals surface area contributed by atoms with Crippen molar-refractivity contribution in [2.24, 2.45) is 5.73 Å². The number of rotatable bonds is 4. The minimum Gasteiger partial charge on any atom is -0.349 e. The number of aromatic nitrogens is 3. The van der Waals surface area contributed by atoms with Crippen molar-refractivity contribution in [3.05, 3.63) is 42.4 Å². The van der Waals surface area contributed by atoms with Gasteiger partial charge < -0.3 is 11.1 Å². The van der Waals surface area contributed by atoms with E-state index in [2.05, 4.69) is 15.4 Å².